The fourth-order valence-electron chi connectivity index (χ4n) is 4.10. The van der Waals surface area contributed by atoms with Gasteiger partial charge in [0.1, 0.15) is 0 Å². The van der Waals surface area contributed by atoms with E-state index in [2.05, 4.69) is 20.3 Å². The molecule has 2 saturated carbocycles. The lowest BCUT2D eigenvalue weighted by Gasteiger charge is -2.37. The first-order valence-corrected chi connectivity index (χ1v) is 12.7. The first kappa shape index (κ1) is 23.0. The van der Waals surface area contributed by atoms with E-state index in [1.165, 1.54) is 19.3 Å². The van der Waals surface area contributed by atoms with E-state index < -0.39 is 10.0 Å². The molecule has 0 heterocycles. The molecule has 0 amide bonds. The van der Waals surface area contributed by atoms with Crippen LogP contribution in [0.2, 0.25) is 0 Å². The third-order valence-electron chi connectivity index (χ3n) is 6.08. The fourth-order valence-corrected chi connectivity index (χ4v) is 5.41. The standard InChI is InChI=1S/C22H36N4O3S/c1-2-23-21(25-17-22(14-15-27)12-4-3-5-13-22)24-16-18-6-10-20(11-7-18)30(28,29)26-19-8-9-19/h6-7,10-11,19,26-27H,2-5,8-9,12-17H2,1H3,(H2,23,24,25). The van der Waals surface area contributed by atoms with Gasteiger partial charge in [0.2, 0.25) is 10.0 Å². The molecule has 1 aromatic rings. The molecule has 0 bridgehead atoms. The van der Waals surface area contributed by atoms with Crippen molar-refractivity contribution in [2.45, 2.75) is 75.8 Å². The summed E-state index contributed by atoms with van der Waals surface area (Å²) in [5.41, 5.74) is 1.11. The van der Waals surface area contributed by atoms with E-state index in [1.807, 2.05) is 19.1 Å². The Hall–Kier alpha value is -1.64. The van der Waals surface area contributed by atoms with Crippen LogP contribution in [0.5, 0.6) is 0 Å². The first-order valence-electron chi connectivity index (χ1n) is 11.2. The Bertz CT molecular complexity index is 793. The summed E-state index contributed by atoms with van der Waals surface area (Å²) in [5.74, 6) is 0.757. The number of nitrogens with zero attached hydrogens (tertiary/aromatic N) is 1. The topological polar surface area (TPSA) is 103 Å². The second-order valence-corrected chi connectivity index (χ2v) is 10.3. The predicted octanol–water partition coefficient (Wildman–Crippen LogP) is 2.52. The van der Waals surface area contributed by atoms with E-state index in [9.17, 15) is 13.5 Å². The average Bonchev–Trinajstić information content (AvgIpc) is 3.55. The van der Waals surface area contributed by atoms with Crippen LogP contribution in [0.1, 0.15) is 63.9 Å². The summed E-state index contributed by atoms with van der Waals surface area (Å²) in [7, 11) is -3.42. The van der Waals surface area contributed by atoms with Crippen LogP contribution in [-0.2, 0) is 16.6 Å². The van der Waals surface area contributed by atoms with Crippen molar-refractivity contribution >= 4 is 16.0 Å². The Balaban J connectivity index is 1.59. The smallest absolute Gasteiger partial charge is 0.240 e. The van der Waals surface area contributed by atoms with Gasteiger partial charge in [0.05, 0.1) is 11.4 Å². The molecule has 0 aromatic heterocycles. The van der Waals surface area contributed by atoms with E-state index >= 15 is 0 Å². The van der Waals surface area contributed by atoms with Gasteiger partial charge in [-0.15, -0.1) is 0 Å². The van der Waals surface area contributed by atoms with Gasteiger partial charge in [-0.05, 0) is 62.1 Å². The number of aliphatic hydroxyl groups excluding tert-OH is 1. The summed E-state index contributed by atoms with van der Waals surface area (Å²) in [6, 6.07) is 7.04. The molecule has 4 N–H and O–H groups in total. The highest BCUT2D eigenvalue weighted by atomic mass is 32.2. The molecule has 0 saturated heterocycles. The molecule has 0 spiro atoms. The molecule has 0 aliphatic heterocycles. The van der Waals surface area contributed by atoms with E-state index in [-0.39, 0.29) is 18.1 Å². The molecule has 0 atom stereocenters. The number of aliphatic hydroxyl groups is 1. The molecule has 7 nitrogen and oxygen atoms in total. The second-order valence-electron chi connectivity index (χ2n) is 8.62. The highest BCUT2D eigenvalue weighted by molar-refractivity contribution is 7.89. The van der Waals surface area contributed by atoms with E-state index in [0.29, 0.717) is 11.4 Å². The van der Waals surface area contributed by atoms with Crippen molar-refractivity contribution in [3.05, 3.63) is 29.8 Å². The molecule has 0 radical (unpaired) electrons. The lowest BCUT2D eigenvalue weighted by atomic mass is 9.72. The lowest BCUT2D eigenvalue weighted by molar-refractivity contribution is 0.131. The third-order valence-corrected chi connectivity index (χ3v) is 7.62. The number of aliphatic imine (C=N–C) groups is 1. The fraction of sp³-hybridized carbons (Fsp3) is 0.682. The number of rotatable bonds is 10. The van der Waals surface area contributed by atoms with E-state index in [1.54, 1.807) is 12.1 Å². The maximum absolute atomic E-state index is 12.3. The summed E-state index contributed by atoms with van der Waals surface area (Å²) in [6.45, 7) is 4.30. The van der Waals surface area contributed by atoms with Crippen molar-refractivity contribution in [3.63, 3.8) is 0 Å². The Morgan fingerprint density at radius 2 is 1.83 bits per heavy atom. The second kappa shape index (κ2) is 10.6. The zero-order valence-electron chi connectivity index (χ0n) is 18.0. The molecule has 3 rings (SSSR count). The maximum atomic E-state index is 12.3. The van der Waals surface area contributed by atoms with Crippen molar-refractivity contribution < 1.29 is 13.5 Å². The van der Waals surface area contributed by atoms with Crippen molar-refractivity contribution in [2.75, 3.05) is 19.7 Å². The van der Waals surface area contributed by atoms with Gasteiger partial charge in [0, 0.05) is 25.7 Å². The molecule has 1 aromatic carbocycles. The molecule has 8 heteroatoms. The summed E-state index contributed by atoms with van der Waals surface area (Å²) in [4.78, 5) is 4.98. The predicted molar refractivity (Wildman–Crippen MR) is 120 cm³/mol. The highest BCUT2D eigenvalue weighted by Gasteiger charge is 2.31. The van der Waals surface area contributed by atoms with Crippen LogP contribution in [0.15, 0.2) is 34.2 Å². The SMILES string of the molecule is CCNC(=NCc1ccc(S(=O)(=O)NC2CC2)cc1)NCC1(CCO)CCCCC1. The Morgan fingerprint density at radius 1 is 1.13 bits per heavy atom. The molecule has 168 valence electrons. The van der Waals surface area contributed by atoms with Crippen LogP contribution in [0, 0.1) is 5.41 Å². The molecule has 2 aliphatic rings. The van der Waals surface area contributed by atoms with Crippen LogP contribution in [0.4, 0.5) is 0 Å². The minimum Gasteiger partial charge on any atom is -0.396 e. The number of sulfonamides is 1. The van der Waals surface area contributed by atoms with Crippen molar-refractivity contribution in [1.29, 1.82) is 0 Å². The minimum absolute atomic E-state index is 0.103. The Kier molecular flexibility index (Phi) is 8.13. The number of nitrogens with one attached hydrogen (secondary N) is 3. The minimum atomic E-state index is -3.42. The van der Waals surface area contributed by atoms with Crippen LogP contribution >= 0.6 is 0 Å². The lowest BCUT2D eigenvalue weighted by Crippen LogP contribution is -2.44. The summed E-state index contributed by atoms with van der Waals surface area (Å²) in [5, 5.41) is 16.3. The molecule has 2 aliphatic carbocycles. The van der Waals surface area contributed by atoms with Gasteiger partial charge < -0.3 is 15.7 Å². The maximum Gasteiger partial charge on any atom is 0.240 e. The van der Waals surface area contributed by atoms with Crippen molar-refractivity contribution in [3.8, 4) is 0 Å². The van der Waals surface area contributed by atoms with Gasteiger partial charge in [-0.1, -0.05) is 31.4 Å². The largest absolute Gasteiger partial charge is 0.396 e. The van der Waals surface area contributed by atoms with Gasteiger partial charge in [0.25, 0.3) is 0 Å². The van der Waals surface area contributed by atoms with Crippen LogP contribution in [-0.4, -0.2) is 45.2 Å². The zero-order chi connectivity index (χ0) is 21.5. The van der Waals surface area contributed by atoms with E-state index in [0.717, 1.165) is 56.7 Å². The highest BCUT2D eigenvalue weighted by Crippen LogP contribution is 2.38. The van der Waals surface area contributed by atoms with Crippen LogP contribution < -0.4 is 15.4 Å². The van der Waals surface area contributed by atoms with Gasteiger partial charge >= 0.3 is 0 Å². The molecular weight excluding hydrogens is 400 g/mol. The Morgan fingerprint density at radius 3 is 2.43 bits per heavy atom. The Labute approximate surface area is 180 Å². The number of guanidine groups is 1. The summed E-state index contributed by atoms with van der Waals surface area (Å²) >= 11 is 0. The van der Waals surface area contributed by atoms with Crippen molar-refractivity contribution in [1.82, 2.24) is 15.4 Å². The van der Waals surface area contributed by atoms with Gasteiger partial charge in [-0.2, -0.15) is 0 Å². The van der Waals surface area contributed by atoms with Gasteiger partial charge in [-0.25, -0.2) is 18.1 Å². The third kappa shape index (κ3) is 6.68. The number of hydrogen-bond donors (Lipinski definition) is 4. The number of hydrogen-bond acceptors (Lipinski definition) is 4. The molecule has 30 heavy (non-hydrogen) atoms. The summed E-state index contributed by atoms with van der Waals surface area (Å²) in [6.07, 6.45) is 8.68. The first-order chi connectivity index (χ1) is 14.5. The molecular formula is C22H36N4O3S. The van der Waals surface area contributed by atoms with Crippen LogP contribution in [0.3, 0.4) is 0 Å². The normalized spacial score (nSPS) is 19.5. The number of benzene rings is 1. The van der Waals surface area contributed by atoms with Gasteiger partial charge in [-0.3, -0.25) is 0 Å². The molecule has 0 unspecified atom stereocenters. The van der Waals surface area contributed by atoms with Crippen molar-refractivity contribution in [2.24, 2.45) is 10.4 Å². The monoisotopic (exact) mass is 436 g/mol. The zero-order valence-corrected chi connectivity index (χ0v) is 18.8. The van der Waals surface area contributed by atoms with Crippen LogP contribution in [0.25, 0.3) is 0 Å². The average molecular weight is 437 g/mol. The van der Waals surface area contributed by atoms with Gasteiger partial charge in [0.15, 0.2) is 5.96 Å². The summed E-state index contributed by atoms with van der Waals surface area (Å²) < 4.78 is 27.3. The van der Waals surface area contributed by atoms with E-state index in [4.69, 9.17) is 0 Å². The molecule has 2 fully saturated rings. The quantitative estimate of drug-likeness (QED) is 0.333.